The van der Waals surface area contributed by atoms with Crippen LogP contribution in [0.25, 0.3) is 0 Å². The van der Waals surface area contributed by atoms with E-state index in [4.69, 9.17) is 0 Å². The molecule has 0 saturated heterocycles. The molecule has 94 valence electrons. The van der Waals surface area contributed by atoms with Crippen LogP contribution in [0.2, 0.25) is 0 Å². The van der Waals surface area contributed by atoms with Crippen molar-refractivity contribution in [1.29, 1.82) is 0 Å². The van der Waals surface area contributed by atoms with Crippen LogP contribution in [-0.2, 0) is 4.79 Å². The highest BCUT2D eigenvalue weighted by Crippen LogP contribution is 2.27. The smallest absolute Gasteiger partial charge is 0.271 e. The van der Waals surface area contributed by atoms with Gasteiger partial charge in [-0.15, -0.1) is 0 Å². The van der Waals surface area contributed by atoms with Gasteiger partial charge in [-0.3, -0.25) is 14.9 Å². The summed E-state index contributed by atoms with van der Waals surface area (Å²) in [6, 6.07) is 4.64. The van der Waals surface area contributed by atoms with Crippen molar-refractivity contribution in [3.05, 3.63) is 43.7 Å². The fourth-order valence-corrected chi connectivity index (χ4v) is 2.26. The summed E-state index contributed by atoms with van der Waals surface area (Å²) in [5.74, 6) is 0.101. The summed E-state index contributed by atoms with van der Waals surface area (Å²) < 4.78 is 0.886. The Kier molecular flexibility index (Phi) is 3.95. The van der Waals surface area contributed by atoms with Crippen molar-refractivity contribution in [3.8, 4) is 0 Å². The van der Waals surface area contributed by atoms with Gasteiger partial charge in [0.15, 0.2) is 5.78 Å². The molecule has 1 aliphatic carbocycles. The van der Waals surface area contributed by atoms with Crippen LogP contribution in [0.1, 0.15) is 19.3 Å². The molecule has 0 amide bonds. The number of rotatable bonds is 3. The molecule has 0 fully saturated rings. The van der Waals surface area contributed by atoms with Crippen LogP contribution >= 0.6 is 22.6 Å². The number of anilines is 1. The lowest BCUT2D eigenvalue weighted by atomic mass is 10.0. The second-order valence-corrected chi connectivity index (χ2v) is 5.20. The number of hydrogen-bond donors (Lipinski definition) is 1. The summed E-state index contributed by atoms with van der Waals surface area (Å²) >= 11 is 2.10. The largest absolute Gasteiger partial charge is 0.358 e. The lowest BCUT2D eigenvalue weighted by molar-refractivity contribution is -0.384. The minimum Gasteiger partial charge on any atom is -0.358 e. The Labute approximate surface area is 118 Å². The number of benzene rings is 1. The Morgan fingerprint density at radius 3 is 2.78 bits per heavy atom. The number of nitro groups is 1. The zero-order valence-corrected chi connectivity index (χ0v) is 11.6. The SMILES string of the molecule is O=C1C=C(Nc2cc([N+](=O)[O-])ccc2I)CCC1. The number of nitro benzene ring substituents is 1. The molecule has 0 bridgehead atoms. The highest BCUT2D eigenvalue weighted by molar-refractivity contribution is 14.1. The van der Waals surface area contributed by atoms with Crippen LogP contribution in [0.4, 0.5) is 11.4 Å². The van der Waals surface area contributed by atoms with E-state index in [1.54, 1.807) is 12.1 Å². The van der Waals surface area contributed by atoms with Gasteiger partial charge in [-0.1, -0.05) is 0 Å². The number of hydrogen-bond acceptors (Lipinski definition) is 4. The van der Waals surface area contributed by atoms with Crippen molar-refractivity contribution < 1.29 is 9.72 Å². The molecule has 1 aromatic carbocycles. The maximum Gasteiger partial charge on any atom is 0.271 e. The fourth-order valence-electron chi connectivity index (χ4n) is 1.79. The molecule has 0 saturated carbocycles. The van der Waals surface area contributed by atoms with Gasteiger partial charge in [0.1, 0.15) is 0 Å². The molecule has 5 nitrogen and oxygen atoms in total. The second kappa shape index (κ2) is 5.47. The summed E-state index contributed by atoms with van der Waals surface area (Å²) in [6.07, 6.45) is 3.78. The first kappa shape index (κ1) is 13.0. The molecule has 2 rings (SSSR count). The van der Waals surface area contributed by atoms with Crippen molar-refractivity contribution in [2.24, 2.45) is 0 Å². The van der Waals surface area contributed by atoms with Crippen molar-refractivity contribution in [3.63, 3.8) is 0 Å². The Bertz CT molecular complexity index is 540. The van der Waals surface area contributed by atoms with Crippen molar-refractivity contribution in [2.45, 2.75) is 19.3 Å². The van der Waals surface area contributed by atoms with E-state index in [1.807, 2.05) is 0 Å². The van der Waals surface area contributed by atoms with Gasteiger partial charge in [0.25, 0.3) is 5.69 Å². The van der Waals surface area contributed by atoms with Gasteiger partial charge in [0.2, 0.25) is 0 Å². The average molecular weight is 358 g/mol. The molecule has 0 unspecified atom stereocenters. The zero-order valence-electron chi connectivity index (χ0n) is 9.48. The van der Waals surface area contributed by atoms with Gasteiger partial charge in [-0.05, 0) is 41.5 Å². The predicted molar refractivity (Wildman–Crippen MR) is 76.4 cm³/mol. The molecular weight excluding hydrogens is 347 g/mol. The van der Waals surface area contributed by atoms with E-state index < -0.39 is 4.92 Å². The molecule has 1 aliphatic rings. The van der Waals surface area contributed by atoms with Gasteiger partial charge in [0, 0.05) is 33.9 Å². The first-order valence-electron chi connectivity index (χ1n) is 5.50. The summed E-state index contributed by atoms with van der Waals surface area (Å²) in [6.45, 7) is 0. The van der Waals surface area contributed by atoms with Gasteiger partial charge in [0.05, 0.1) is 10.6 Å². The van der Waals surface area contributed by atoms with Gasteiger partial charge in [-0.25, -0.2) is 0 Å². The minimum absolute atomic E-state index is 0.0423. The zero-order chi connectivity index (χ0) is 13.1. The summed E-state index contributed by atoms with van der Waals surface area (Å²) in [5.41, 5.74) is 1.54. The number of nitrogens with one attached hydrogen (secondary N) is 1. The highest BCUT2D eigenvalue weighted by Gasteiger charge is 2.13. The highest BCUT2D eigenvalue weighted by atomic mass is 127. The maximum absolute atomic E-state index is 11.3. The summed E-state index contributed by atoms with van der Waals surface area (Å²) in [7, 11) is 0. The molecule has 0 aliphatic heterocycles. The van der Waals surface area contributed by atoms with E-state index in [9.17, 15) is 14.9 Å². The quantitative estimate of drug-likeness (QED) is 0.512. The normalized spacial score (nSPS) is 15.2. The van der Waals surface area contributed by atoms with Crippen LogP contribution in [0.5, 0.6) is 0 Å². The van der Waals surface area contributed by atoms with Gasteiger partial charge >= 0.3 is 0 Å². The Hall–Kier alpha value is -1.44. The molecule has 0 atom stereocenters. The number of carbonyl (C=O) groups excluding carboxylic acids is 1. The van der Waals surface area contributed by atoms with E-state index in [2.05, 4.69) is 27.9 Å². The molecule has 6 heteroatoms. The molecule has 18 heavy (non-hydrogen) atoms. The van der Waals surface area contributed by atoms with E-state index in [-0.39, 0.29) is 11.5 Å². The molecule has 0 spiro atoms. The van der Waals surface area contributed by atoms with Crippen LogP contribution < -0.4 is 5.32 Å². The third-order valence-electron chi connectivity index (χ3n) is 2.66. The van der Waals surface area contributed by atoms with Gasteiger partial charge in [-0.2, -0.15) is 0 Å². The van der Waals surface area contributed by atoms with Crippen molar-refractivity contribution >= 4 is 39.7 Å². The number of nitrogens with zero attached hydrogens (tertiary/aromatic N) is 1. The average Bonchev–Trinajstić information content (AvgIpc) is 2.31. The Balaban J connectivity index is 2.25. The van der Waals surface area contributed by atoms with Crippen LogP contribution in [0.15, 0.2) is 30.0 Å². The molecular formula is C12H11IN2O3. The fraction of sp³-hybridized carbons (Fsp3) is 0.250. The molecule has 0 heterocycles. The Morgan fingerprint density at radius 1 is 1.33 bits per heavy atom. The van der Waals surface area contributed by atoms with E-state index >= 15 is 0 Å². The Morgan fingerprint density at radius 2 is 2.11 bits per heavy atom. The first-order valence-corrected chi connectivity index (χ1v) is 6.58. The maximum atomic E-state index is 11.3. The lowest BCUT2D eigenvalue weighted by Crippen LogP contribution is -2.10. The van der Waals surface area contributed by atoms with E-state index in [0.717, 1.165) is 22.1 Å². The molecule has 1 aromatic rings. The standard InChI is InChI=1S/C12H11IN2O3/c13-11-5-4-9(15(17)18)7-12(11)14-8-2-1-3-10(16)6-8/h4-7,14H,1-3H2. The van der Waals surface area contributed by atoms with Crippen LogP contribution in [0, 0.1) is 13.7 Å². The molecule has 0 radical (unpaired) electrons. The minimum atomic E-state index is -0.429. The number of halogens is 1. The summed E-state index contributed by atoms with van der Waals surface area (Å²) in [4.78, 5) is 21.6. The summed E-state index contributed by atoms with van der Waals surface area (Å²) in [5, 5.41) is 13.8. The van der Waals surface area contributed by atoms with Gasteiger partial charge < -0.3 is 5.32 Å². The third-order valence-corrected chi connectivity index (χ3v) is 3.60. The lowest BCUT2D eigenvalue weighted by Gasteiger charge is -2.15. The number of carbonyl (C=O) groups is 1. The first-order chi connectivity index (χ1) is 8.56. The van der Waals surface area contributed by atoms with Crippen molar-refractivity contribution in [1.82, 2.24) is 0 Å². The third kappa shape index (κ3) is 3.06. The van der Waals surface area contributed by atoms with Crippen LogP contribution in [-0.4, -0.2) is 10.7 Å². The predicted octanol–water partition coefficient (Wildman–Crippen LogP) is 3.25. The monoisotopic (exact) mass is 358 g/mol. The number of ketones is 1. The number of allylic oxidation sites excluding steroid dienone is 2. The number of non-ortho nitro benzene ring substituents is 1. The van der Waals surface area contributed by atoms with E-state index in [0.29, 0.717) is 12.1 Å². The van der Waals surface area contributed by atoms with Crippen LogP contribution in [0.3, 0.4) is 0 Å². The topological polar surface area (TPSA) is 72.2 Å². The molecule has 1 N–H and O–H groups in total. The second-order valence-electron chi connectivity index (χ2n) is 4.04. The van der Waals surface area contributed by atoms with E-state index in [1.165, 1.54) is 12.1 Å². The van der Waals surface area contributed by atoms with Crippen molar-refractivity contribution in [2.75, 3.05) is 5.32 Å². The molecule has 0 aromatic heterocycles.